The van der Waals surface area contributed by atoms with Gasteiger partial charge in [-0.05, 0) is 19.1 Å². The van der Waals surface area contributed by atoms with E-state index in [1.165, 1.54) is 0 Å². The Morgan fingerprint density at radius 2 is 2.06 bits per heavy atom. The molecule has 0 aliphatic carbocycles. The van der Waals surface area contributed by atoms with E-state index in [2.05, 4.69) is 9.97 Å². The molecule has 5 N–H and O–H groups in total. The average molecular weight is 246 g/mol. The standard InChI is InChI=1S/C12H14N4O2/c1-2-18-8-6-4-3-5-7(8)11-15-10(14)9(13)12(17)16-11/h3-6H,2,13H2,1H3,(H3,14,15,16,17). The fourth-order valence-corrected chi connectivity index (χ4v) is 1.57. The van der Waals surface area contributed by atoms with Crippen molar-refractivity contribution < 1.29 is 4.74 Å². The summed E-state index contributed by atoms with van der Waals surface area (Å²) in [6, 6.07) is 7.25. The summed E-state index contributed by atoms with van der Waals surface area (Å²) in [6.07, 6.45) is 0. The Bertz CT molecular complexity index is 622. The zero-order valence-electron chi connectivity index (χ0n) is 9.93. The summed E-state index contributed by atoms with van der Waals surface area (Å²) >= 11 is 0. The van der Waals surface area contributed by atoms with Gasteiger partial charge >= 0.3 is 0 Å². The molecule has 0 fully saturated rings. The van der Waals surface area contributed by atoms with E-state index >= 15 is 0 Å². The molecule has 0 saturated carbocycles. The fourth-order valence-electron chi connectivity index (χ4n) is 1.57. The minimum Gasteiger partial charge on any atom is -0.493 e. The van der Waals surface area contributed by atoms with Crippen LogP contribution < -0.4 is 21.8 Å². The fraction of sp³-hybridized carbons (Fsp3) is 0.167. The number of nitrogens with two attached hydrogens (primary N) is 2. The van der Waals surface area contributed by atoms with E-state index in [4.69, 9.17) is 16.2 Å². The Labute approximate surface area is 104 Å². The van der Waals surface area contributed by atoms with E-state index < -0.39 is 5.56 Å². The van der Waals surface area contributed by atoms with Crippen LogP contribution in [0.3, 0.4) is 0 Å². The molecule has 0 atom stereocenters. The molecule has 0 aliphatic rings. The highest BCUT2D eigenvalue weighted by Gasteiger charge is 2.11. The van der Waals surface area contributed by atoms with Gasteiger partial charge in [0.1, 0.15) is 17.3 Å². The maximum absolute atomic E-state index is 11.6. The van der Waals surface area contributed by atoms with E-state index in [0.717, 1.165) is 0 Å². The third kappa shape index (κ3) is 2.13. The predicted molar refractivity (Wildman–Crippen MR) is 70.3 cm³/mol. The van der Waals surface area contributed by atoms with Crippen LogP contribution in [0.25, 0.3) is 11.4 Å². The molecule has 6 heteroatoms. The number of anilines is 2. The molecule has 6 nitrogen and oxygen atoms in total. The van der Waals surface area contributed by atoms with Gasteiger partial charge in [0.15, 0.2) is 5.82 Å². The van der Waals surface area contributed by atoms with Gasteiger partial charge in [-0.25, -0.2) is 4.98 Å². The summed E-state index contributed by atoms with van der Waals surface area (Å²) in [7, 11) is 0. The summed E-state index contributed by atoms with van der Waals surface area (Å²) < 4.78 is 5.47. The van der Waals surface area contributed by atoms with Gasteiger partial charge in [0, 0.05) is 0 Å². The van der Waals surface area contributed by atoms with Crippen molar-refractivity contribution >= 4 is 11.5 Å². The van der Waals surface area contributed by atoms with Gasteiger partial charge in [-0.1, -0.05) is 12.1 Å². The minimum absolute atomic E-state index is 0.0139. The molecule has 94 valence electrons. The first kappa shape index (κ1) is 12.0. The van der Waals surface area contributed by atoms with Gasteiger partial charge in [-0.15, -0.1) is 0 Å². The van der Waals surface area contributed by atoms with E-state index in [1.807, 2.05) is 19.1 Å². The summed E-state index contributed by atoms with van der Waals surface area (Å²) in [5.74, 6) is 0.989. The summed E-state index contributed by atoms with van der Waals surface area (Å²) in [6.45, 7) is 2.40. The largest absolute Gasteiger partial charge is 0.493 e. The van der Waals surface area contributed by atoms with Crippen LogP contribution in [0.4, 0.5) is 11.5 Å². The number of ether oxygens (including phenoxy) is 1. The predicted octanol–water partition coefficient (Wildman–Crippen LogP) is 1.000. The van der Waals surface area contributed by atoms with Crippen molar-refractivity contribution in [2.24, 2.45) is 0 Å². The Balaban J connectivity index is 2.59. The Kier molecular flexibility index (Phi) is 3.18. The second-order valence-corrected chi connectivity index (χ2v) is 3.64. The maximum atomic E-state index is 11.6. The normalized spacial score (nSPS) is 10.3. The van der Waals surface area contributed by atoms with E-state index in [-0.39, 0.29) is 11.5 Å². The number of nitrogen functional groups attached to an aromatic ring is 2. The van der Waals surface area contributed by atoms with Crippen LogP contribution in [-0.4, -0.2) is 16.6 Å². The lowest BCUT2D eigenvalue weighted by Crippen LogP contribution is -2.17. The third-order valence-corrected chi connectivity index (χ3v) is 2.43. The van der Waals surface area contributed by atoms with Crippen molar-refractivity contribution in [2.45, 2.75) is 6.92 Å². The average Bonchev–Trinajstić information content (AvgIpc) is 2.36. The topological polar surface area (TPSA) is 107 Å². The van der Waals surface area contributed by atoms with Crippen LogP contribution in [0.1, 0.15) is 6.92 Å². The number of nitrogens with one attached hydrogen (secondary N) is 1. The zero-order chi connectivity index (χ0) is 13.1. The molecule has 0 spiro atoms. The number of rotatable bonds is 3. The number of benzene rings is 1. The summed E-state index contributed by atoms with van der Waals surface area (Å²) in [5.41, 5.74) is 11.2. The van der Waals surface area contributed by atoms with Gasteiger partial charge in [0.2, 0.25) is 0 Å². The molecule has 0 radical (unpaired) electrons. The molecule has 0 bridgehead atoms. The highest BCUT2D eigenvalue weighted by molar-refractivity contribution is 5.68. The van der Waals surface area contributed by atoms with Gasteiger partial charge in [0.25, 0.3) is 5.56 Å². The van der Waals surface area contributed by atoms with Crippen LogP contribution in [0.15, 0.2) is 29.1 Å². The van der Waals surface area contributed by atoms with Gasteiger partial charge in [-0.2, -0.15) is 0 Å². The molecule has 0 amide bonds. The monoisotopic (exact) mass is 246 g/mol. The summed E-state index contributed by atoms with van der Waals surface area (Å²) in [4.78, 5) is 18.2. The number of aromatic nitrogens is 2. The Hall–Kier alpha value is -2.50. The van der Waals surface area contributed by atoms with E-state index in [1.54, 1.807) is 12.1 Å². The second kappa shape index (κ2) is 4.79. The first-order valence-electron chi connectivity index (χ1n) is 5.51. The van der Waals surface area contributed by atoms with E-state index in [0.29, 0.717) is 23.7 Å². The molecule has 18 heavy (non-hydrogen) atoms. The first-order valence-corrected chi connectivity index (χ1v) is 5.51. The van der Waals surface area contributed by atoms with Crippen molar-refractivity contribution in [3.63, 3.8) is 0 Å². The molecule has 0 unspecified atom stereocenters. The highest BCUT2D eigenvalue weighted by Crippen LogP contribution is 2.27. The quantitative estimate of drug-likeness (QED) is 0.748. The number of para-hydroxylation sites is 1. The van der Waals surface area contributed by atoms with Crippen LogP contribution in [0.2, 0.25) is 0 Å². The van der Waals surface area contributed by atoms with Crippen molar-refractivity contribution in [1.29, 1.82) is 0 Å². The smallest absolute Gasteiger partial charge is 0.276 e. The van der Waals surface area contributed by atoms with Crippen molar-refractivity contribution in [3.8, 4) is 17.1 Å². The lowest BCUT2D eigenvalue weighted by molar-refractivity contribution is 0.341. The van der Waals surface area contributed by atoms with Gasteiger partial charge in [-0.3, -0.25) is 4.79 Å². The molecular weight excluding hydrogens is 232 g/mol. The number of H-pyrrole nitrogens is 1. The van der Waals surface area contributed by atoms with Crippen molar-refractivity contribution in [2.75, 3.05) is 18.1 Å². The van der Waals surface area contributed by atoms with Gasteiger partial charge < -0.3 is 21.2 Å². The number of nitrogens with zero attached hydrogens (tertiary/aromatic N) is 1. The van der Waals surface area contributed by atoms with Crippen molar-refractivity contribution in [3.05, 3.63) is 34.6 Å². The SMILES string of the molecule is CCOc1ccccc1-c1nc(N)c(N)c(=O)[nH]1. The van der Waals surface area contributed by atoms with Crippen LogP contribution in [0.5, 0.6) is 5.75 Å². The molecule has 0 saturated heterocycles. The minimum atomic E-state index is -0.455. The first-order chi connectivity index (χ1) is 8.63. The lowest BCUT2D eigenvalue weighted by atomic mass is 10.2. The number of hydrogen-bond donors (Lipinski definition) is 3. The highest BCUT2D eigenvalue weighted by atomic mass is 16.5. The third-order valence-electron chi connectivity index (χ3n) is 2.43. The molecular formula is C12H14N4O2. The Morgan fingerprint density at radius 1 is 1.33 bits per heavy atom. The Morgan fingerprint density at radius 3 is 2.72 bits per heavy atom. The van der Waals surface area contributed by atoms with Crippen LogP contribution in [-0.2, 0) is 0 Å². The number of hydrogen-bond acceptors (Lipinski definition) is 5. The number of aromatic amines is 1. The van der Waals surface area contributed by atoms with Gasteiger partial charge in [0.05, 0.1) is 12.2 Å². The molecule has 1 heterocycles. The van der Waals surface area contributed by atoms with Crippen LogP contribution in [0, 0.1) is 0 Å². The lowest BCUT2D eigenvalue weighted by Gasteiger charge is -2.09. The summed E-state index contributed by atoms with van der Waals surface area (Å²) in [5, 5.41) is 0. The maximum Gasteiger partial charge on any atom is 0.276 e. The van der Waals surface area contributed by atoms with Crippen LogP contribution >= 0.6 is 0 Å². The van der Waals surface area contributed by atoms with Crippen molar-refractivity contribution in [1.82, 2.24) is 9.97 Å². The molecule has 0 aliphatic heterocycles. The molecule has 1 aromatic heterocycles. The molecule has 2 aromatic rings. The zero-order valence-corrected chi connectivity index (χ0v) is 9.93. The van der Waals surface area contributed by atoms with E-state index in [9.17, 15) is 4.79 Å². The molecule has 2 rings (SSSR count). The second-order valence-electron chi connectivity index (χ2n) is 3.64. The molecule has 1 aromatic carbocycles.